The Labute approximate surface area is 155 Å². The second kappa shape index (κ2) is 7.47. The van der Waals surface area contributed by atoms with Crippen LogP contribution in [0.3, 0.4) is 0 Å². The number of halogens is 3. The van der Waals surface area contributed by atoms with Crippen LogP contribution in [0.4, 0.5) is 13.2 Å². The first-order valence-corrected chi connectivity index (χ1v) is 8.46. The van der Waals surface area contributed by atoms with Crippen LogP contribution in [0.15, 0.2) is 27.9 Å². The highest BCUT2D eigenvalue weighted by Gasteiger charge is 2.37. The van der Waals surface area contributed by atoms with E-state index in [0.717, 1.165) is 16.3 Å². The Hall–Kier alpha value is -2.76. The maximum absolute atomic E-state index is 12.7. The smallest absolute Gasteiger partial charge is 0.451 e. The van der Waals surface area contributed by atoms with E-state index in [4.69, 9.17) is 14.0 Å². The molecule has 0 aliphatic heterocycles. The fraction of sp³-hybridized carbons (Fsp3) is 0.333. The Bertz CT molecular complexity index is 941. The Morgan fingerprint density at radius 2 is 1.96 bits per heavy atom. The van der Waals surface area contributed by atoms with Gasteiger partial charge in [0, 0.05) is 13.1 Å². The molecule has 0 amide bonds. The van der Waals surface area contributed by atoms with Crippen molar-refractivity contribution in [1.82, 2.24) is 24.9 Å². The second-order valence-electron chi connectivity index (χ2n) is 5.23. The third kappa shape index (κ3) is 3.99. The summed E-state index contributed by atoms with van der Waals surface area (Å²) in [6.45, 7) is 0. The molecule has 0 aliphatic rings. The number of thioether (sulfide) groups is 1. The van der Waals surface area contributed by atoms with Gasteiger partial charge in [-0.05, 0) is 12.1 Å². The minimum atomic E-state index is -4.57. The number of methoxy groups -OCH3 is 2. The summed E-state index contributed by atoms with van der Waals surface area (Å²) < 4.78 is 54.7. The standard InChI is InChI=1S/C15H14F3N5O3S/c1-23-13(15(16,17)18)20-21-14(23)27-7-11-19-12(22-26-11)9-5-4-8(24-2)6-10(9)25-3/h4-6H,7H2,1-3H3. The van der Waals surface area contributed by atoms with Crippen LogP contribution in [0.25, 0.3) is 11.4 Å². The average Bonchev–Trinajstić information content (AvgIpc) is 3.25. The summed E-state index contributed by atoms with van der Waals surface area (Å²) in [5.74, 6) is 0.688. The Balaban J connectivity index is 1.75. The van der Waals surface area contributed by atoms with Crippen molar-refractivity contribution in [2.45, 2.75) is 17.1 Å². The predicted molar refractivity (Wildman–Crippen MR) is 88.4 cm³/mol. The van der Waals surface area contributed by atoms with Gasteiger partial charge in [-0.1, -0.05) is 16.9 Å². The molecule has 3 aromatic rings. The van der Waals surface area contributed by atoms with Crippen molar-refractivity contribution >= 4 is 11.8 Å². The molecular weight excluding hydrogens is 387 g/mol. The lowest BCUT2D eigenvalue weighted by Crippen LogP contribution is -2.12. The summed E-state index contributed by atoms with van der Waals surface area (Å²) in [6.07, 6.45) is -4.57. The molecule has 0 spiro atoms. The number of benzene rings is 1. The van der Waals surface area contributed by atoms with Crippen LogP contribution in [0.1, 0.15) is 11.7 Å². The van der Waals surface area contributed by atoms with Gasteiger partial charge in [-0.3, -0.25) is 0 Å². The highest BCUT2D eigenvalue weighted by molar-refractivity contribution is 7.98. The first kappa shape index (κ1) is 19.0. The average molecular weight is 401 g/mol. The van der Waals surface area contributed by atoms with Gasteiger partial charge in [0.1, 0.15) is 11.5 Å². The lowest BCUT2D eigenvalue weighted by molar-refractivity contribution is -0.147. The van der Waals surface area contributed by atoms with E-state index in [1.165, 1.54) is 21.3 Å². The van der Waals surface area contributed by atoms with Gasteiger partial charge < -0.3 is 18.6 Å². The van der Waals surface area contributed by atoms with Gasteiger partial charge in [-0.15, -0.1) is 10.2 Å². The van der Waals surface area contributed by atoms with Crippen molar-refractivity contribution < 1.29 is 27.2 Å². The normalized spacial score (nSPS) is 11.6. The first-order chi connectivity index (χ1) is 12.8. The molecule has 2 heterocycles. The summed E-state index contributed by atoms with van der Waals surface area (Å²) in [5.41, 5.74) is 0.594. The summed E-state index contributed by atoms with van der Waals surface area (Å²) in [5, 5.41) is 10.7. The van der Waals surface area contributed by atoms with Crippen LogP contribution in [0.5, 0.6) is 11.5 Å². The topological polar surface area (TPSA) is 88.1 Å². The van der Waals surface area contributed by atoms with Gasteiger partial charge in [-0.25, -0.2) is 0 Å². The summed E-state index contributed by atoms with van der Waals surface area (Å²) in [4.78, 5) is 4.25. The summed E-state index contributed by atoms with van der Waals surface area (Å²) in [6, 6.07) is 5.12. The number of hydrogen-bond donors (Lipinski definition) is 0. The zero-order chi connectivity index (χ0) is 19.6. The van der Waals surface area contributed by atoms with Gasteiger partial charge in [0.15, 0.2) is 5.16 Å². The van der Waals surface area contributed by atoms with E-state index in [1.54, 1.807) is 18.2 Å². The fourth-order valence-corrected chi connectivity index (χ4v) is 2.97. The number of alkyl halides is 3. The van der Waals surface area contributed by atoms with E-state index in [1.807, 2.05) is 0 Å². The molecule has 2 aromatic heterocycles. The summed E-state index contributed by atoms with van der Waals surface area (Å²) in [7, 11) is 4.28. The molecule has 8 nitrogen and oxygen atoms in total. The number of nitrogens with zero attached hydrogens (tertiary/aromatic N) is 5. The summed E-state index contributed by atoms with van der Waals surface area (Å²) >= 11 is 1.00. The minimum Gasteiger partial charge on any atom is -0.497 e. The fourth-order valence-electron chi connectivity index (χ4n) is 2.22. The van der Waals surface area contributed by atoms with Gasteiger partial charge in [0.2, 0.25) is 17.5 Å². The quantitative estimate of drug-likeness (QED) is 0.582. The molecule has 27 heavy (non-hydrogen) atoms. The van der Waals surface area contributed by atoms with E-state index in [0.29, 0.717) is 22.9 Å². The molecule has 1 aromatic carbocycles. The number of aromatic nitrogens is 5. The third-order valence-electron chi connectivity index (χ3n) is 3.53. The third-order valence-corrected chi connectivity index (χ3v) is 4.54. The highest BCUT2D eigenvalue weighted by atomic mass is 32.2. The molecular formula is C15H14F3N5O3S. The molecule has 144 valence electrons. The monoisotopic (exact) mass is 401 g/mol. The number of rotatable bonds is 6. The molecule has 0 saturated heterocycles. The van der Waals surface area contributed by atoms with Crippen LogP contribution in [-0.2, 0) is 19.0 Å². The van der Waals surface area contributed by atoms with Crippen molar-refractivity contribution in [1.29, 1.82) is 0 Å². The van der Waals surface area contributed by atoms with Gasteiger partial charge in [0.25, 0.3) is 0 Å². The molecule has 0 fully saturated rings. The first-order valence-electron chi connectivity index (χ1n) is 7.48. The maximum atomic E-state index is 12.7. The van der Waals surface area contributed by atoms with Crippen LogP contribution < -0.4 is 9.47 Å². The van der Waals surface area contributed by atoms with E-state index in [9.17, 15) is 13.2 Å². The van der Waals surface area contributed by atoms with E-state index >= 15 is 0 Å². The van der Waals surface area contributed by atoms with Crippen molar-refractivity contribution in [3.8, 4) is 22.9 Å². The molecule has 0 atom stereocenters. The molecule has 0 bridgehead atoms. The molecule has 0 N–H and O–H groups in total. The molecule has 0 radical (unpaired) electrons. The van der Waals surface area contributed by atoms with Crippen LogP contribution in [-0.4, -0.2) is 39.1 Å². The zero-order valence-electron chi connectivity index (χ0n) is 14.4. The Morgan fingerprint density at radius 1 is 1.19 bits per heavy atom. The van der Waals surface area contributed by atoms with Crippen molar-refractivity contribution in [3.63, 3.8) is 0 Å². The lowest BCUT2D eigenvalue weighted by atomic mass is 10.2. The maximum Gasteiger partial charge on any atom is 0.451 e. The molecule has 0 saturated carbocycles. The molecule has 3 rings (SSSR count). The van der Waals surface area contributed by atoms with E-state index in [-0.39, 0.29) is 16.8 Å². The number of ether oxygens (including phenoxy) is 2. The Kier molecular flexibility index (Phi) is 5.26. The van der Waals surface area contributed by atoms with Gasteiger partial charge in [0.05, 0.1) is 25.5 Å². The van der Waals surface area contributed by atoms with Crippen molar-refractivity contribution in [3.05, 3.63) is 29.9 Å². The van der Waals surface area contributed by atoms with Crippen LogP contribution >= 0.6 is 11.8 Å². The van der Waals surface area contributed by atoms with Crippen LogP contribution in [0.2, 0.25) is 0 Å². The zero-order valence-corrected chi connectivity index (χ0v) is 15.3. The SMILES string of the molecule is COc1ccc(-c2noc(CSc3nnc(C(F)(F)F)n3C)n2)c(OC)c1. The second-order valence-corrected chi connectivity index (χ2v) is 6.17. The van der Waals surface area contributed by atoms with Crippen molar-refractivity contribution in [2.24, 2.45) is 7.05 Å². The number of hydrogen-bond acceptors (Lipinski definition) is 8. The molecule has 0 unspecified atom stereocenters. The van der Waals surface area contributed by atoms with Crippen molar-refractivity contribution in [2.75, 3.05) is 14.2 Å². The highest BCUT2D eigenvalue weighted by Crippen LogP contribution is 2.33. The molecule has 0 aliphatic carbocycles. The van der Waals surface area contributed by atoms with Gasteiger partial charge >= 0.3 is 6.18 Å². The Morgan fingerprint density at radius 3 is 2.59 bits per heavy atom. The van der Waals surface area contributed by atoms with E-state index in [2.05, 4.69) is 20.3 Å². The molecule has 12 heteroatoms. The van der Waals surface area contributed by atoms with E-state index < -0.39 is 12.0 Å². The van der Waals surface area contributed by atoms with Gasteiger partial charge in [-0.2, -0.15) is 18.2 Å². The van der Waals surface area contributed by atoms with Crippen LogP contribution in [0, 0.1) is 0 Å². The minimum absolute atomic E-state index is 0.0871. The predicted octanol–water partition coefficient (Wildman–Crippen LogP) is 3.19. The lowest BCUT2D eigenvalue weighted by Gasteiger charge is -2.07. The largest absolute Gasteiger partial charge is 0.497 e.